The Balaban J connectivity index is 2.23. The number of hydrogen-bond donors (Lipinski definition) is 0. The van der Waals surface area contributed by atoms with Crippen LogP contribution in [0.1, 0.15) is 33.1 Å². The van der Waals surface area contributed by atoms with Gasteiger partial charge >= 0.3 is 6.18 Å². The zero-order valence-electron chi connectivity index (χ0n) is 9.89. The Labute approximate surface area is 94.8 Å². The maximum Gasteiger partial charge on any atom is 0.401 e. The normalized spacial score (nSPS) is 22.3. The average molecular weight is 239 g/mol. The van der Waals surface area contributed by atoms with E-state index >= 15 is 0 Å². The molecule has 0 spiro atoms. The summed E-state index contributed by atoms with van der Waals surface area (Å²) in [5, 5.41) is 0. The first-order chi connectivity index (χ1) is 7.40. The van der Waals surface area contributed by atoms with Gasteiger partial charge in [0.25, 0.3) is 0 Å². The van der Waals surface area contributed by atoms with Crippen molar-refractivity contribution in [1.82, 2.24) is 4.90 Å². The van der Waals surface area contributed by atoms with Crippen LogP contribution in [0.4, 0.5) is 13.2 Å². The van der Waals surface area contributed by atoms with Gasteiger partial charge in [0, 0.05) is 13.1 Å². The molecule has 0 aromatic rings. The molecule has 1 heterocycles. The maximum atomic E-state index is 12.1. The smallest absolute Gasteiger partial charge is 0.375 e. The second-order valence-electron chi connectivity index (χ2n) is 4.45. The van der Waals surface area contributed by atoms with E-state index in [1.54, 1.807) is 0 Å². The van der Waals surface area contributed by atoms with Crippen LogP contribution < -0.4 is 0 Å². The Morgan fingerprint density at radius 1 is 1.31 bits per heavy atom. The number of rotatable bonds is 4. The minimum Gasteiger partial charge on any atom is -0.375 e. The molecular weight excluding hydrogens is 219 g/mol. The molecule has 0 aromatic heterocycles. The molecule has 1 aliphatic heterocycles. The van der Waals surface area contributed by atoms with Crippen molar-refractivity contribution in [2.24, 2.45) is 0 Å². The van der Waals surface area contributed by atoms with Crippen molar-refractivity contribution in [1.29, 1.82) is 0 Å². The topological polar surface area (TPSA) is 12.5 Å². The summed E-state index contributed by atoms with van der Waals surface area (Å²) in [4.78, 5) is 1.45. The molecule has 0 radical (unpaired) electrons. The highest BCUT2D eigenvalue weighted by molar-refractivity contribution is 4.75. The van der Waals surface area contributed by atoms with E-state index in [-0.39, 0.29) is 12.2 Å². The fourth-order valence-electron chi connectivity index (χ4n) is 1.88. The van der Waals surface area contributed by atoms with E-state index in [1.807, 2.05) is 13.8 Å². The molecular formula is C11H20F3NO. The van der Waals surface area contributed by atoms with Gasteiger partial charge < -0.3 is 4.74 Å². The van der Waals surface area contributed by atoms with Crippen LogP contribution in [-0.4, -0.2) is 42.9 Å². The minimum atomic E-state index is -4.08. The standard InChI is InChI=1S/C11H20F3NO/c1-3-9(2)16-10-4-6-15(7-5-10)8-11(12,13)14/h9-10H,3-8H2,1-2H3. The van der Waals surface area contributed by atoms with Crippen LogP contribution in [0.2, 0.25) is 0 Å². The summed E-state index contributed by atoms with van der Waals surface area (Å²) in [6.45, 7) is 4.23. The lowest BCUT2D eigenvalue weighted by Crippen LogP contribution is -2.42. The first-order valence-electron chi connectivity index (χ1n) is 5.85. The molecule has 0 aliphatic carbocycles. The van der Waals surface area contributed by atoms with E-state index < -0.39 is 12.7 Å². The van der Waals surface area contributed by atoms with Crippen molar-refractivity contribution >= 4 is 0 Å². The summed E-state index contributed by atoms with van der Waals surface area (Å²) in [5.41, 5.74) is 0. The van der Waals surface area contributed by atoms with Gasteiger partial charge in [-0.2, -0.15) is 13.2 Å². The molecule has 5 heteroatoms. The lowest BCUT2D eigenvalue weighted by atomic mass is 10.1. The van der Waals surface area contributed by atoms with E-state index in [1.165, 1.54) is 4.90 Å². The molecule has 16 heavy (non-hydrogen) atoms. The van der Waals surface area contributed by atoms with E-state index in [0.29, 0.717) is 25.9 Å². The Bertz CT molecular complexity index is 200. The number of piperidine rings is 1. The summed E-state index contributed by atoms with van der Waals surface area (Å²) >= 11 is 0. The molecule has 0 saturated carbocycles. The fourth-order valence-corrected chi connectivity index (χ4v) is 1.88. The molecule has 1 fully saturated rings. The third kappa shape index (κ3) is 5.16. The maximum absolute atomic E-state index is 12.1. The average Bonchev–Trinajstić information content (AvgIpc) is 2.18. The number of alkyl halides is 3. The largest absolute Gasteiger partial charge is 0.401 e. The molecule has 0 amide bonds. The molecule has 1 saturated heterocycles. The molecule has 2 nitrogen and oxygen atoms in total. The van der Waals surface area contributed by atoms with Gasteiger partial charge in [0.15, 0.2) is 0 Å². The number of ether oxygens (including phenoxy) is 1. The zero-order valence-corrected chi connectivity index (χ0v) is 9.89. The Hall–Kier alpha value is -0.290. The van der Waals surface area contributed by atoms with Crippen LogP contribution in [0.15, 0.2) is 0 Å². The molecule has 96 valence electrons. The predicted octanol–water partition coefficient (Wildman–Crippen LogP) is 2.83. The molecule has 0 aromatic carbocycles. The van der Waals surface area contributed by atoms with E-state index in [0.717, 1.165) is 6.42 Å². The molecule has 1 unspecified atom stereocenters. The quantitative estimate of drug-likeness (QED) is 0.748. The van der Waals surface area contributed by atoms with Crippen LogP contribution in [0.25, 0.3) is 0 Å². The minimum absolute atomic E-state index is 0.138. The highest BCUT2D eigenvalue weighted by Crippen LogP contribution is 2.21. The van der Waals surface area contributed by atoms with Crippen LogP contribution in [0.5, 0.6) is 0 Å². The second kappa shape index (κ2) is 5.87. The highest BCUT2D eigenvalue weighted by atomic mass is 19.4. The van der Waals surface area contributed by atoms with Gasteiger partial charge in [-0.05, 0) is 26.2 Å². The summed E-state index contributed by atoms with van der Waals surface area (Å²) in [5.74, 6) is 0. The molecule has 1 aliphatic rings. The van der Waals surface area contributed by atoms with Crippen LogP contribution in [0, 0.1) is 0 Å². The first-order valence-corrected chi connectivity index (χ1v) is 5.85. The first kappa shape index (κ1) is 13.8. The summed E-state index contributed by atoms with van der Waals surface area (Å²) in [6, 6.07) is 0. The Morgan fingerprint density at radius 3 is 2.31 bits per heavy atom. The van der Waals surface area contributed by atoms with Crippen molar-refractivity contribution in [3.05, 3.63) is 0 Å². The Morgan fingerprint density at radius 2 is 1.88 bits per heavy atom. The third-order valence-corrected chi connectivity index (χ3v) is 2.94. The number of hydrogen-bond acceptors (Lipinski definition) is 2. The molecule has 0 bridgehead atoms. The Kier molecular flexibility index (Phi) is 5.05. The summed E-state index contributed by atoms with van der Waals surface area (Å²) < 4.78 is 42.1. The highest BCUT2D eigenvalue weighted by Gasteiger charge is 2.32. The van der Waals surface area contributed by atoms with Crippen molar-refractivity contribution in [3.8, 4) is 0 Å². The molecule has 1 rings (SSSR count). The van der Waals surface area contributed by atoms with E-state index in [4.69, 9.17) is 4.74 Å². The fraction of sp³-hybridized carbons (Fsp3) is 1.00. The lowest BCUT2D eigenvalue weighted by molar-refractivity contribution is -0.152. The van der Waals surface area contributed by atoms with Crippen LogP contribution in [0.3, 0.4) is 0 Å². The summed E-state index contributed by atoms with van der Waals surface area (Å²) in [6.07, 6.45) is -1.37. The number of likely N-dealkylation sites (tertiary alicyclic amines) is 1. The molecule has 1 atom stereocenters. The van der Waals surface area contributed by atoms with Gasteiger partial charge in [0.1, 0.15) is 0 Å². The number of nitrogens with zero attached hydrogens (tertiary/aromatic N) is 1. The monoisotopic (exact) mass is 239 g/mol. The zero-order chi connectivity index (χ0) is 12.2. The van der Waals surface area contributed by atoms with Gasteiger partial charge in [-0.3, -0.25) is 4.90 Å². The predicted molar refractivity (Wildman–Crippen MR) is 56.4 cm³/mol. The third-order valence-electron chi connectivity index (χ3n) is 2.94. The van der Waals surface area contributed by atoms with Crippen molar-refractivity contribution in [2.45, 2.75) is 51.5 Å². The van der Waals surface area contributed by atoms with E-state index in [2.05, 4.69) is 0 Å². The summed E-state index contributed by atoms with van der Waals surface area (Å²) in [7, 11) is 0. The van der Waals surface area contributed by atoms with Gasteiger partial charge in [-0.25, -0.2) is 0 Å². The van der Waals surface area contributed by atoms with Gasteiger partial charge in [-0.15, -0.1) is 0 Å². The number of halogens is 3. The van der Waals surface area contributed by atoms with E-state index in [9.17, 15) is 13.2 Å². The van der Waals surface area contributed by atoms with Crippen LogP contribution >= 0.6 is 0 Å². The second-order valence-corrected chi connectivity index (χ2v) is 4.45. The van der Waals surface area contributed by atoms with Gasteiger partial charge in [0.2, 0.25) is 0 Å². The van der Waals surface area contributed by atoms with Crippen molar-refractivity contribution < 1.29 is 17.9 Å². The van der Waals surface area contributed by atoms with Crippen LogP contribution in [-0.2, 0) is 4.74 Å². The van der Waals surface area contributed by atoms with Gasteiger partial charge in [-0.1, -0.05) is 6.92 Å². The van der Waals surface area contributed by atoms with Crippen molar-refractivity contribution in [2.75, 3.05) is 19.6 Å². The van der Waals surface area contributed by atoms with Gasteiger partial charge in [0.05, 0.1) is 18.8 Å². The SMILES string of the molecule is CCC(C)OC1CCN(CC(F)(F)F)CC1. The van der Waals surface area contributed by atoms with Crippen molar-refractivity contribution in [3.63, 3.8) is 0 Å². The lowest BCUT2D eigenvalue weighted by Gasteiger charge is -2.33. The molecule has 0 N–H and O–H groups in total.